The summed E-state index contributed by atoms with van der Waals surface area (Å²) in [4.78, 5) is 25.4. The third-order valence-electron chi connectivity index (χ3n) is 4.07. The molecule has 1 aliphatic heterocycles. The minimum Gasteiger partial charge on any atom is -0.398 e. The van der Waals surface area contributed by atoms with Crippen LogP contribution < -0.4 is 5.73 Å². The summed E-state index contributed by atoms with van der Waals surface area (Å²) in [7, 11) is 0. The quantitative estimate of drug-likeness (QED) is 0.575. The van der Waals surface area contributed by atoms with Crippen LogP contribution in [0, 0.1) is 0 Å². The Bertz CT molecular complexity index is 791. The molecule has 4 heteroatoms. The van der Waals surface area contributed by atoms with Gasteiger partial charge in [-0.15, -0.1) is 0 Å². The fraction of sp³-hybridized carbons (Fsp3) is 0.176. The van der Waals surface area contributed by atoms with Crippen LogP contribution in [0.1, 0.15) is 37.4 Å². The number of hydrogen-bond donors (Lipinski definition) is 1. The van der Waals surface area contributed by atoms with E-state index < -0.39 is 0 Å². The van der Waals surface area contributed by atoms with Crippen molar-refractivity contribution < 1.29 is 14.3 Å². The molecule has 0 aromatic heterocycles. The van der Waals surface area contributed by atoms with Crippen LogP contribution in [-0.4, -0.2) is 24.3 Å². The average molecular weight is 279 g/mol. The zero-order valence-corrected chi connectivity index (χ0v) is 11.3. The number of ketones is 2. The van der Waals surface area contributed by atoms with E-state index in [0.717, 1.165) is 5.56 Å². The van der Waals surface area contributed by atoms with Gasteiger partial charge in [0.05, 0.1) is 12.7 Å². The summed E-state index contributed by atoms with van der Waals surface area (Å²) in [5.74, 6) is -0.235. The van der Waals surface area contributed by atoms with E-state index in [9.17, 15) is 9.59 Å². The molecule has 0 saturated carbocycles. The standard InChI is InChI=1S/C17H13NO3/c18-14-6-5-12-15(13(14)7-9-8-21-9)17(20)11-4-2-1-3-10(11)16(12)19/h1-6,9H,7-8,18H2. The van der Waals surface area contributed by atoms with Crippen LogP contribution in [0.5, 0.6) is 0 Å². The molecule has 2 aromatic carbocycles. The summed E-state index contributed by atoms with van der Waals surface area (Å²) in [5.41, 5.74) is 9.14. The Balaban J connectivity index is 1.95. The lowest BCUT2D eigenvalue weighted by molar-refractivity contribution is 0.0978. The van der Waals surface area contributed by atoms with E-state index in [0.29, 0.717) is 41.0 Å². The van der Waals surface area contributed by atoms with E-state index in [2.05, 4.69) is 0 Å². The van der Waals surface area contributed by atoms with Gasteiger partial charge in [0, 0.05) is 34.4 Å². The Morgan fingerprint density at radius 1 is 1.00 bits per heavy atom. The molecular formula is C17H13NO3. The Morgan fingerprint density at radius 3 is 2.33 bits per heavy atom. The van der Waals surface area contributed by atoms with Crippen molar-refractivity contribution in [2.45, 2.75) is 12.5 Å². The zero-order valence-electron chi connectivity index (χ0n) is 11.3. The number of fused-ring (bicyclic) bond motifs is 2. The van der Waals surface area contributed by atoms with Gasteiger partial charge in [0.15, 0.2) is 11.6 Å². The number of nitrogen functional groups attached to an aromatic ring is 1. The molecule has 1 fully saturated rings. The molecule has 0 bridgehead atoms. The fourth-order valence-electron chi connectivity index (χ4n) is 2.90. The molecule has 4 nitrogen and oxygen atoms in total. The largest absolute Gasteiger partial charge is 0.398 e. The first-order valence-corrected chi connectivity index (χ1v) is 6.88. The van der Waals surface area contributed by atoms with Gasteiger partial charge in [0.25, 0.3) is 0 Å². The molecule has 1 saturated heterocycles. The smallest absolute Gasteiger partial charge is 0.194 e. The van der Waals surface area contributed by atoms with Gasteiger partial charge >= 0.3 is 0 Å². The second-order valence-electron chi connectivity index (χ2n) is 5.42. The van der Waals surface area contributed by atoms with Crippen molar-refractivity contribution in [2.75, 3.05) is 12.3 Å². The maximum absolute atomic E-state index is 12.8. The third kappa shape index (κ3) is 1.80. The van der Waals surface area contributed by atoms with Crippen LogP contribution >= 0.6 is 0 Å². The van der Waals surface area contributed by atoms with Crippen molar-refractivity contribution in [1.29, 1.82) is 0 Å². The van der Waals surface area contributed by atoms with E-state index >= 15 is 0 Å². The average Bonchev–Trinajstić information content (AvgIpc) is 3.31. The number of epoxide rings is 1. The summed E-state index contributed by atoms with van der Waals surface area (Å²) in [5, 5.41) is 0. The summed E-state index contributed by atoms with van der Waals surface area (Å²) in [6.07, 6.45) is 0.690. The topological polar surface area (TPSA) is 72.7 Å². The minimum atomic E-state index is -0.122. The third-order valence-corrected chi connectivity index (χ3v) is 4.07. The molecule has 4 rings (SSSR count). The van der Waals surface area contributed by atoms with Crippen LogP contribution in [0.3, 0.4) is 0 Å². The maximum Gasteiger partial charge on any atom is 0.194 e. The maximum atomic E-state index is 12.8. The highest BCUT2D eigenvalue weighted by Crippen LogP contribution is 2.34. The van der Waals surface area contributed by atoms with Crippen molar-refractivity contribution in [3.05, 3.63) is 64.2 Å². The zero-order chi connectivity index (χ0) is 14.6. The predicted octanol–water partition coefficient (Wildman–Crippen LogP) is 1.99. The van der Waals surface area contributed by atoms with Crippen molar-refractivity contribution >= 4 is 17.3 Å². The van der Waals surface area contributed by atoms with Crippen molar-refractivity contribution in [3.63, 3.8) is 0 Å². The Labute approximate surface area is 121 Å². The first-order valence-electron chi connectivity index (χ1n) is 6.88. The van der Waals surface area contributed by atoms with Gasteiger partial charge < -0.3 is 10.5 Å². The Kier molecular flexibility index (Phi) is 2.50. The predicted molar refractivity (Wildman–Crippen MR) is 77.6 cm³/mol. The normalized spacial score (nSPS) is 19.1. The number of benzene rings is 2. The number of anilines is 1. The number of hydrogen-bond acceptors (Lipinski definition) is 4. The van der Waals surface area contributed by atoms with Crippen LogP contribution in [0.25, 0.3) is 0 Å². The number of nitrogens with two attached hydrogens (primary N) is 1. The monoisotopic (exact) mass is 279 g/mol. The lowest BCUT2D eigenvalue weighted by atomic mass is 9.80. The molecule has 1 heterocycles. The molecule has 1 atom stereocenters. The van der Waals surface area contributed by atoms with Crippen LogP contribution in [0.15, 0.2) is 36.4 Å². The highest BCUT2D eigenvalue weighted by atomic mass is 16.6. The van der Waals surface area contributed by atoms with Gasteiger partial charge in [-0.25, -0.2) is 0 Å². The van der Waals surface area contributed by atoms with E-state index in [1.165, 1.54) is 0 Å². The van der Waals surface area contributed by atoms with Crippen molar-refractivity contribution in [3.8, 4) is 0 Å². The van der Waals surface area contributed by atoms with Gasteiger partial charge in [0.2, 0.25) is 0 Å². The van der Waals surface area contributed by atoms with Crippen LogP contribution in [-0.2, 0) is 11.2 Å². The molecule has 0 spiro atoms. The number of carbonyl (C=O) groups excluding carboxylic acids is 2. The van der Waals surface area contributed by atoms with E-state index in [1.54, 1.807) is 36.4 Å². The molecule has 104 valence electrons. The van der Waals surface area contributed by atoms with E-state index in [4.69, 9.17) is 10.5 Å². The summed E-state index contributed by atoms with van der Waals surface area (Å²) >= 11 is 0. The second kappa shape index (κ2) is 4.27. The van der Waals surface area contributed by atoms with E-state index in [1.807, 2.05) is 0 Å². The number of rotatable bonds is 2. The Hall–Kier alpha value is -2.46. The SMILES string of the molecule is Nc1ccc2c(c1CC1CO1)C(=O)c1ccccc1C2=O. The lowest BCUT2D eigenvalue weighted by Crippen LogP contribution is -2.23. The number of ether oxygens (including phenoxy) is 1. The minimum absolute atomic E-state index is 0.110. The molecule has 1 unspecified atom stereocenters. The van der Waals surface area contributed by atoms with Gasteiger partial charge in [-0.3, -0.25) is 9.59 Å². The first kappa shape index (κ1) is 12.3. The van der Waals surface area contributed by atoms with Crippen LogP contribution in [0.2, 0.25) is 0 Å². The van der Waals surface area contributed by atoms with Crippen molar-refractivity contribution in [1.82, 2.24) is 0 Å². The highest BCUT2D eigenvalue weighted by molar-refractivity contribution is 6.29. The molecular weight excluding hydrogens is 266 g/mol. The number of carbonyl (C=O) groups is 2. The second-order valence-corrected chi connectivity index (χ2v) is 5.42. The van der Waals surface area contributed by atoms with Gasteiger partial charge in [-0.2, -0.15) is 0 Å². The first-order chi connectivity index (χ1) is 10.2. The molecule has 1 aliphatic carbocycles. The fourth-order valence-corrected chi connectivity index (χ4v) is 2.90. The lowest BCUT2D eigenvalue weighted by Gasteiger charge is -2.21. The van der Waals surface area contributed by atoms with Crippen LogP contribution in [0.4, 0.5) is 5.69 Å². The van der Waals surface area contributed by atoms with Crippen molar-refractivity contribution in [2.24, 2.45) is 0 Å². The van der Waals surface area contributed by atoms with Gasteiger partial charge in [-0.05, 0) is 17.7 Å². The molecule has 21 heavy (non-hydrogen) atoms. The van der Waals surface area contributed by atoms with Gasteiger partial charge in [-0.1, -0.05) is 24.3 Å². The highest BCUT2D eigenvalue weighted by Gasteiger charge is 2.34. The molecule has 2 aromatic rings. The summed E-state index contributed by atoms with van der Waals surface area (Å²) in [6, 6.07) is 10.3. The van der Waals surface area contributed by atoms with E-state index in [-0.39, 0.29) is 17.7 Å². The van der Waals surface area contributed by atoms with Gasteiger partial charge in [0.1, 0.15) is 0 Å². The molecule has 2 aliphatic rings. The summed E-state index contributed by atoms with van der Waals surface area (Å²) < 4.78 is 5.24. The molecule has 0 radical (unpaired) electrons. The molecule has 2 N–H and O–H groups in total. The summed E-state index contributed by atoms with van der Waals surface area (Å²) in [6.45, 7) is 0.682. The Morgan fingerprint density at radius 2 is 1.67 bits per heavy atom. The molecule has 0 amide bonds.